The molecular weight excluding hydrogens is 339 g/mol. The first kappa shape index (κ1) is 15.7. The molecule has 1 aliphatic heterocycles. The Hall–Kier alpha value is -1.23. The van der Waals surface area contributed by atoms with Crippen LogP contribution in [0.4, 0.5) is 5.69 Å². The van der Waals surface area contributed by atoms with Gasteiger partial charge in [-0.3, -0.25) is 4.79 Å². The summed E-state index contributed by atoms with van der Waals surface area (Å²) in [5, 5.41) is 1.12. The van der Waals surface area contributed by atoms with Gasteiger partial charge in [-0.15, -0.1) is 11.3 Å². The third-order valence-electron chi connectivity index (χ3n) is 3.79. The van der Waals surface area contributed by atoms with Gasteiger partial charge in [0.2, 0.25) is 0 Å². The van der Waals surface area contributed by atoms with Crippen molar-refractivity contribution in [3.8, 4) is 0 Å². The number of anilines is 1. The van der Waals surface area contributed by atoms with Gasteiger partial charge in [0, 0.05) is 36.7 Å². The Labute approximate surface area is 144 Å². The van der Waals surface area contributed by atoms with E-state index < -0.39 is 0 Å². The van der Waals surface area contributed by atoms with Gasteiger partial charge in [0.15, 0.2) is 0 Å². The lowest BCUT2D eigenvalue weighted by atomic mass is 10.2. The van der Waals surface area contributed by atoms with Crippen LogP contribution in [0.15, 0.2) is 30.3 Å². The Morgan fingerprint density at radius 1 is 1.05 bits per heavy atom. The molecule has 116 valence electrons. The van der Waals surface area contributed by atoms with E-state index in [9.17, 15) is 4.79 Å². The predicted octanol–water partition coefficient (Wildman–Crippen LogP) is 4.33. The molecule has 1 aliphatic rings. The SMILES string of the molecule is Cc1ccc(C(=O)N2CCN(c3ccc(Cl)c(Cl)c3)CC2)s1. The fourth-order valence-electron chi connectivity index (χ4n) is 2.55. The van der Waals surface area contributed by atoms with Crippen LogP contribution in [0, 0.1) is 6.92 Å². The summed E-state index contributed by atoms with van der Waals surface area (Å²) >= 11 is 13.6. The summed E-state index contributed by atoms with van der Waals surface area (Å²) in [5.41, 5.74) is 1.05. The molecule has 6 heteroatoms. The first-order chi connectivity index (χ1) is 10.5. The van der Waals surface area contributed by atoms with E-state index in [1.807, 2.05) is 42.2 Å². The zero-order chi connectivity index (χ0) is 15.7. The molecule has 2 aromatic rings. The van der Waals surface area contributed by atoms with Gasteiger partial charge in [0.05, 0.1) is 14.9 Å². The lowest BCUT2D eigenvalue weighted by Gasteiger charge is -2.36. The molecule has 22 heavy (non-hydrogen) atoms. The number of nitrogens with zero attached hydrogens (tertiary/aromatic N) is 2. The summed E-state index contributed by atoms with van der Waals surface area (Å²) in [5.74, 6) is 0.131. The number of piperazine rings is 1. The molecule has 0 saturated carbocycles. The maximum Gasteiger partial charge on any atom is 0.264 e. The van der Waals surface area contributed by atoms with Crippen molar-refractivity contribution in [1.82, 2.24) is 4.90 Å². The monoisotopic (exact) mass is 354 g/mol. The summed E-state index contributed by atoms with van der Waals surface area (Å²) < 4.78 is 0. The number of carbonyl (C=O) groups excluding carboxylic acids is 1. The molecule has 0 unspecified atom stereocenters. The van der Waals surface area contributed by atoms with Crippen molar-refractivity contribution >= 4 is 46.1 Å². The van der Waals surface area contributed by atoms with Crippen LogP contribution in [0.5, 0.6) is 0 Å². The van der Waals surface area contributed by atoms with Crippen LogP contribution in [0.25, 0.3) is 0 Å². The lowest BCUT2D eigenvalue weighted by Crippen LogP contribution is -2.48. The van der Waals surface area contributed by atoms with Crippen LogP contribution in [0.3, 0.4) is 0 Å². The maximum absolute atomic E-state index is 12.4. The Balaban J connectivity index is 1.64. The summed E-state index contributed by atoms with van der Waals surface area (Å²) in [7, 11) is 0. The average molecular weight is 355 g/mol. The average Bonchev–Trinajstić information content (AvgIpc) is 2.96. The van der Waals surface area contributed by atoms with Crippen LogP contribution < -0.4 is 4.90 Å². The number of halogens is 2. The zero-order valence-electron chi connectivity index (χ0n) is 12.2. The Morgan fingerprint density at radius 2 is 1.77 bits per heavy atom. The van der Waals surface area contributed by atoms with Gasteiger partial charge in [0.1, 0.15) is 0 Å². The van der Waals surface area contributed by atoms with Gasteiger partial charge >= 0.3 is 0 Å². The highest BCUT2D eigenvalue weighted by atomic mass is 35.5. The molecule has 0 aliphatic carbocycles. The first-order valence-electron chi connectivity index (χ1n) is 7.10. The first-order valence-corrected chi connectivity index (χ1v) is 8.67. The van der Waals surface area contributed by atoms with Gasteiger partial charge in [-0.2, -0.15) is 0 Å². The molecule has 0 N–H and O–H groups in total. The molecule has 1 fully saturated rings. The van der Waals surface area contributed by atoms with Crippen molar-refractivity contribution in [2.75, 3.05) is 31.1 Å². The Morgan fingerprint density at radius 3 is 2.36 bits per heavy atom. The molecule has 0 bridgehead atoms. The van der Waals surface area contributed by atoms with E-state index in [1.54, 1.807) is 11.3 Å². The number of benzene rings is 1. The van der Waals surface area contributed by atoms with E-state index in [-0.39, 0.29) is 5.91 Å². The smallest absolute Gasteiger partial charge is 0.264 e. The molecule has 3 nitrogen and oxygen atoms in total. The van der Waals surface area contributed by atoms with E-state index in [2.05, 4.69) is 4.90 Å². The molecular formula is C16H16Cl2N2OS. The van der Waals surface area contributed by atoms with Crippen molar-refractivity contribution in [2.24, 2.45) is 0 Å². The minimum Gasteiger partial charge on any atom is -0.368 e. The topological polar surface area (TPSA) is 23.6 Å². The highest BCUT2D eigenvalue weighted by Gasteiger charge is 2.23. The predicted molar refractivity (Wildman–Crippen MR) is 93.6 cm³/mol. The van der Waals surface area contributed by atoms with E-state index in [1.165, 1.54) is 0 Å². The summed E-state index contributed by atoms with van der Waals surface area (Å²) in [6.45, 7) is 5.05. The largest absolute Gasteiger partial charge is 0.368 e. The quantitative estimate of drug-likeness (QED) is 0.801. The van der Waals surface area contributed by atoms with Crippen LogP contribution in [0.1, 0.15) is 14.5 Å². The number of hydrogen-bond donors (Lipinski definition) is 0. The molecule has 0 atom stereocenters. The highest BCUT2D eigenvalue weighted by molar-refractivity contribution is 7.13. The second-order valence-electron chi connectivity index (χ2n) is 5.29. The normalized spacial score (nSPS) is 15.2. The number of rotatable bonds is 2. The maximum atomic E-state index is 12.4. The molecule has 3 rings (SSSR count). The van der Waals surface area contributed by atoms with Gasteiger partial charge in [0.25, 0.3) is 5.91 Å². The molecule has 0 radical (unpaired) electrons. The minimum absolute atomic E-state index is 0.131. The Kier molecular flexibility index (Phi) is 4.62. The molecule has 1 amide bonds. The minimum atomic E-state index is 0.131. The van der Waals surface area contributed by atoms with Gasteiger partial charge in [-0.05, 0) is 37.3 Å². The van der Waals surface area contributed by atoms with E-state index >= 15 is 0 Å². The number of aryl methyl sites for hydroxylation is 1. The number of thiophene rings is 1. The van der Waals surface area contributed by atoms with Crippen molar-refractivity contribution in [3.05, 3.63) is 50.1 Å². The van der Waals surface area contributed by atoms with Crippen LogP contribution in [0.2, 0.25) is 10.0 Å². The van der Waals surface area contributed by atoms with Crippen molar-refractivity contribution in [3.63, 3.8) is 0 Å². The van der Waals surface area contributed by atoms with Crippen LogP contribution >= 0.6 is 34.5 Å². The molecule has 2 heterocycles. The fraction of sp³-hybridized carbons (Fsp3) is 0.312. The van der Waals surface area contributed by atoms with E-state index in [0.29, 0.717) is 10.0 Å². The third-order valence-corrected chi connectivity index (χ3v) is 5.51. The molecule has 0 spiro atoms. The van der Waals surface area contributed by atoms with Crippen LogP contribution in [-0.4, -0.2) is 37.0 Å². The molecule has 1 aromatic heterocycles. The third kappa shape index (κ3) is 3.24. The number of amides is 1. The molecule has 1 saturated heterocycles. The van der Waals surface area contributed by atoms with Crippen molar-refractivity contribution in [2.45, 2.75) is 6.92 Å². The second-order valence-corrected chi connectivity index (χ2v) is 7.39. The molecule has 1 aromatic carbocycles. The standard InChI is InChI=1S/C16H16Cl2N2OS/c1-11-2-5-15(22-11)16(21)20-8-6-19(7-9-20)12-3-4-13(17)14(18)10-12/h2-5,10H,6-9H2,1H3. The Bertz CT molecular complexity index is 693. The lowest BCUT2D eigenvalue weighted by molar-refractivity contribution is 0.0751. The van der Waals surface area contributed by atoms with E-state index in [4.69, 9.17) is 23.2 Å². The van der Waals surface area contributed by atoms with Crippen molar-refractivity contribution < 1.29 is 4.79 Å². The van der Waals surface area contributed by atoms with Crippen molar-refractivity contribution in [1.29, 1.82) is 0 Å². The van der Waals surface area contributed by atoms with Gasteiger partial charge < -0.3 is 9.80 Å². The zero-order valence-corrected chi connectivity index (χ0v) is 14.5. The van der Waals surface area contributed by atoms with Gasteiger partial charge in [-0.25, -0.2) is 0 Å². The second kappa shape index (κ2) is 6.49. The summed E-state index contributed by atoms with van der Waals surface area (Å²) in [6.07, 6.45) is 0. The highest BCUT2D eigenvalue weighted by Crippen LogP contribution is 2.28. The summed E-state index contributed by atoms with van der Waals surface area (Å²) in [6, 6.07) is 9.56. The summed E-state index contributed by atoms with van der Waals surface area (Å²) in [4.78, 5) is 18.6. The number of hydrogen-bond acceptors (Lipinski definition) is 3. The van der Waals surface area contributed by atoms with E-state index in [0.717, 1.165) is 41.6 Å². The van der Waals surface area contributed by atoms with Crippen LogP contribution in [-0.2, 0) is 0 Å². The van der Waals surface area contributed by atoms with Gasteiger partial charge in [-0.1, -0.05) is 23.2 Å². The number of carbonyl (C=O) groups is 1. The fourth-order valence-corrected chi connectivity index (χ4v) is 3.68.